The van der Waals surface area contributed by atoms with Crippen LogP contribution in [0.1, 0.15) is 35.2 Å². The molecule has 94 valence electrons. The number of nitrogens with one attached hydrogen (secondary N) is 1. The Morgan fingerprint density at radius 3 is 2.56 bits per heavy atom. The Labute approximate surface area is 109 Å². The van der Waals surface area contributed by atoms with Gasteiger partial charge in [-0.1, -0.05) is 23.8 Å². The van der Waals surface area contributed by atoms with Crippen LogP contribution in [0.4, 0.5) is 0 Å². The molecule has 0 aliphatic carbocycles. The zero-order valence-corrected chi connectivity index (χ0v) is 11.3. The molecule has 2 nitrogen and oxygen atoms in total. The lowest BCUT2D eigenvalue weighted by Crippen LogP contribution is -2.18. The number of hydrogen-bond donors (Lipinski definition) is 1. The zero-order valence-electron chi connectivity index (χ0n) is 11.3. The van der Waals surface area contributed by atoms with E-state index in [9.17, 15) is 0 Å². The van der Waals surface area contributed by atoms with Gasteiger partial charge in [-0.2, -0.15) is 0 Å². The number of nitrogens with zero attached hydrogens (tertiary/aromatic N) is 1. The lowest BCUT2D eigenvalue weighted by atomic mass is 10.0. The first kappa shape index (κ1) is 12.8. The second kappa shape index (κ2) is 5.78. The van der Waals surface area contributed by atoms with Crippen molar-refractivity contribution in [2.24, 2.45) is 0 Å². The van der Waals surface area contributed by atoms with Crippen molar-refractivity contribution in [1.82, 2.24) is 10.3 Å². The van der Waals surface area contributed by atoms with Crippen LogP contribution in [0.15, 0.2) is 42.7 Å². The highest BCUT2D eigenvalue weighted by Gasteiger charge is 2.05. The van der Waals surface area contributed by atoms with E-state index in [2.05, 4.69) is 61.4 Å². The van der Waals surface area contributed by atoms with Gasteiger partial charge in [-0.25, -0.2) is 0 Å². The summed E-state index contributed by atoms with van der Waals surface area (Å²) in [6.45, 7) is 7.38. The molecule has 1 aromatic carbocycles. The van der Waals surface area contributed by atoms with Gasteiger partial charge in [0.25, 0.3) is 0 Å². The molecule has 0 amide bonds. The molecule has 0 saturated carbocycles. The van der Waals surface area contributed by atoms with Gasteiger partial charge in [0.1, 0.15) is 0 Å². The summed E-state index contributed by atoms with van der Waals surface area (Å²) in [7, 11) is 0. The number of hydrogen-bond acceptors (Lipinski definition) is 2. The van der Waals surface area contributed by atoms with Crippen LogP contribution >= 0.6 is 0 Å². The van der Waals surface area contributed by atoms with Crippen molar-refractivity contribution < 1.29 is 0 Å². The number of benzene rings is 1. The molecule has 0 fully saturated rings. The van der Waals surface area contributed by atoms with Crippen molar-refractivity contribution in [1.29, 1.82) is 0 Å². The van der Waals surface area contributed by atoms with E-state index in [1.165, 1.54) is 22.3 Å². The van der Waals surface area contributed by atoms with Gasteiger partial charge in [-0.3, -0.25) is 4.98 Å². The van der Waals surface area contributed by atoms with Crippen molar-refractivity contribution in [3.63, 3.8) is 0 Å². The van der Waals surface area contributed by atoms with Crippen molar-refractivity contribution >= 4 is 0 Å². The van der Waals surface area contributed by atoms with Crippen LogP contribution < -0.4 is 5.32 Å². The van der Waals surface area contributed by atoms with Crippen LogP contribution in [0.3, 0.4) is 0 Å². The minimum absolute atomic E-state index is 0.341. The predicted octanol–water partition coefficient (Wildman–Crippen LogP) is 3.55. The smallest absolute Gasteiger partial charge is 0.0296 e. The van der Waals surface area contributed by atoms with E-state index >= 15 is 0 Å². The molecule has 0 saturated heterocycles. The molecular weight excluding hydrogens is 220 g/mol. The average molecular weight is 240 g/mol. The summed E-state index contributed by atoms with van der Waals surface area (Å²) < 4.78 is 0. The molecule has 0 aliphatic rings. The summed E-state index contributed by atoms with van der Waals surface area (Å²) >= 11 is 0. The maximum atomic E-state index is 4.04. The minimum Gasteiger partial charge on any atom is -0.306 e. The fourth-order valence-corrected chi connectivity index (χ4v) is 2.02. The molecule has 2 aromatic rings. The summed E-state index contributed by atoms with van der Waals surface area (Å²) in [6.07, 6.45) is 3.68. The van der Waals surface area contributed by atoms with Gasteiger partial charge in [0, 0.05) is 25.0 Å². The molecule has 1 unspecified atom stereocenters. The lowest BCUT2D eigenvalue weighted by Gasteiger charge is -2.15. The lowest BCUT2D eigenvalue weighted by molar-refractivity contribution is 0.572. The van der Waals surface area contributed by atoms with Crippen LogP contribution in [0, 0.1) is 13.8 Å². The van der Waals surface area contributed by atoms with Gasteiger partial charge in [-0.15, -0.1) is 0 Å². The average Bonchev–Trinajstić information content (AvgIpc) is 2.40. The molecule has 1 N–H and O–H groups in total. The SMILES string of the molecule is Cc1ccc(C)c(CNC(C)c2ccncc2)c1. The molecule has 1 atom stereocenters. The third-order valence-electron chi connectivity index (χ3n) is 3.31. The van der Waals surface area contributed by atoms with Gasteiger partial charge in [-0.05, 0) is 49.6 Å². The van der Waals surface area contributed by atoms with Crippen LogP contribution in [0.2, 0.25) is 0 Å². The van der Waals surface area contributed by atoms with Gasteiger partial charge in [0.2, 0.25) is 0 Å². The third-order valence-corrected chi connectivity index (χ3v) is 3.31. The predicted molar refractivity (Wildman–Crippen MR) is 75.4 cm³/mol. The Bertz CT molecular complexity index is 506. The van der Waals surface area contributed by atoms with Crippen molar-refractivity contribution in [2.45, 2.75) is 33.4 Å². The first-order valence-electron chi connectivity index (χ1n) is 6.36. The first-order chi connectivity index (χ1) is 8.66. The Hall–Kier alpha value is -1.67. The van der Waals surface area contributed by atoms with E-state index in [4.69, 9.17) is 0 Å². The first-order valence-corrected chi connectivity index (χ1v) is 6.36. The van der Waals surface area contributed by atoms with E-state index in [-0.39, 0.29) is 0 Å². The molecule has 0 radical (unpaired) electrons. The summed E-state index contributed by atoms with van der Waals surface area (Å²) in [5, 5.41) is 3.56. The zero-order chi connectivity index (χ0) is 13.0. The quantitative estimate of drug-likeness (QED) is 0.884. The Balaban J connectivity index is 2.01. The minimum atomic E-state index is 0.341. The van der Waals surface area contributed by atoms with Crippen LogP contribution in [-0.2, 0) is 6.54 Å². The highest BCUT2D eigenvalue weighted by molar-refractivity contribution is 5.30. The fraction of sp³-hybridized carbons (Fsp3) is 0.312. The second-order valence-electron chi connectivity index (χ2n) is 4.81. The molecule has 0 spiro atoms. The summed E-state index contributed by atoms with van der Waals surface area (Å²) in [4.78, 5) is 4.04. The number of pyridine rings is 1. The molecule has 1 heterocycles. The maximum Gasteiger partial charge on any atom is 0.0296 e. The number of rotatable bonds is 4. The van der Waals surface area contributed by atoms with Crippen LogP contribution in [0.5, 0.6) is 0 Å². The van der Waals surface area contributed by atoms with Crippen LogP contribution in [-0.4, -0.2) is 4.98 Å². The Morgan fingerprint density at radius 2 is 1.83 bits per heavy atom. The van der Waals surface area contributed by atoms with Gasteiger partial charge >= 0.3 is 0 Å². The standard InChI is InChI=1S/C16H20N2/c1-12-4-5-13(2)16(10-12)11-18-14(3)15-6-8-17-9-7-15/h4-10,14,18H,11H2,1-3H3. The highest BCUT2D eigenvalue weighted by Crippen LogP contribution is 2.14. The molecule has 2 heteroatoms. The highest BCUT2D eigenvalue weighted by atomic mass is 14.9. The normalized spacial score (nSPS) is 12.4. The Kier molecular flexibility index (Phi) is 4.11. The number of aryl methyl sites for hydroxylation is 2. The van der Waals surface area contributed by atoms with Crippen molar-refractivity contribution in [3.05, 3.63) is 65.0 Å². The van der Waals surface area contributed by atoms with E-state index in [0.29, 0.717) is 6.04 Å². The molecule has 1 aromatic heterocycles. The summed E-state index contributed by atoms with van der Waals surface area (Å²) in [6, 6.07) is 11.0. The summed E-state index contributed by atoms with van der Waals surface area (Å²) in [5.74, 6) is 0. The van der Waals surface area contributed by atoms with Gasteiger partial charge in [0.05, 0.1) is 0 Å². The second-order valence-corrected chi connectivity index (χ2v) is 4.81. The molecular formula is C16H20N2. The van der Waals surface area contributed by atoms with Gasteiger partial charge < -0.3 is 5.32 Å². The molecule has 0 aliphatic heterocycles. The monoisotopic (exact) mass is 240 g/mol. The molecule has 0 bridgehead atoms. The largest absolute Gasteiger partial charge is 0.306 e. The summed E-state index contributed by atoms with van der Waals surface area (Å²) in [5.41, 5.74) is 5.30. The van der Waals surface area contributed by atoms with Crippen LogP contribution in [0.25, 0.3) is 0 Å². The van der Waals surface area contributed by atoms with Gasteiger partial charge in [0.15, 0.2) is 0 Å². The van der Waals surface area contributed by atoms with E-state index in [1.54, 1.807) is 0 Å². The van der Waals surface area contributed by atoms with Crippen molar-refractivity contribution in [2.75, 3.05) is 0 Å². The van der Waals surface area contributed by atoms with Crippen molar-refractivity contribution in [3.8, 4) is 0 Å². The maximum absolute atomic E-state index is 4.04. The Morgan fingerprint density at radius 1 is 1.11 bits per heavy atom. The van der Waals surface area contributed by atoms with E-state index < -0.39 is 0 Å². The van der Waals surface area contributed by atoms with E-state index in [1.807, 2.05) is 12.4 Å². The number of aromatic nitrogens is 1. The topological polar surface area (TPSA) is 24.9 Å². The fourth-order valence-electron chi connectivity index (χ4n) is 2.02. The third kappa shape index (κ3) is 3.17. The van der Waals surface area contributed by atoms with E-state index in [0.717, 1.165) is 6.54 Å². The molecule has 2 rings (SSSR count). The molecule has 18 heavy (non-hydrogen) atoms.